The van der Waals surface area contributed by atoms with Crippen LogP contribution in [0.25, 0.3) is 0 Å². The van der Waals surface area contributed by atoms with Crippen LogP contribution in [0.4, 0.5) is 10.5 Å². The molecular weight excluding hydrogens is 196 g/mol. The van der Waals surface area contributed by atoms with Crippen LogP contribution in [0, 0.1) is 0 Å². The van der Waals surface area contributed by atoms with E-state index < -0.39 is 18.0 Å². The van der Waals surface area contributed by atoms with Gasteiger partial charge in [0.05, 0.1) is 12.3 Å². The average Bonchev–Trinajstić information content (AvgIpc) is 2.55. The number of nitrogens with zero attached hydrogens (tertiary/aromatic N) is 1. The van der Waals surface area contributed by atoms with Crippen LogP contribution in [-0.2, 0) is 4.79 Å². The van der Waals surface area contributed by atoms with Crippen LogP contribution in [-0.4, -0.2) is 29.7 Å². The van der Waals surface area contributed by atoms with E-state index >= 15 is 0 Å². The first-order valence-corrected chi connectivity index (χ1v) is 4.54. The molecule has 5 nitrogen and oxygen atoms in total. The summed E-state index contributed by atoms with van der Waals surface area (Å²) in [5.41, 5.74) is 0.510. The Kier molecular flexibility index (Phi) is 2.39. The number of carbonyl (C=O) groups excluding carboxylic acids is 2. The largest absolute Gasteiger partial charge is 0.394 e. The highest BCUT2D eigenvalue weighted by atomic mass is 16.3. The van der Waals surface area contributed by atoms with Gasteiger partial charge in [-0.1, -0.05) is 18.2 Å². The molecule has 1 heterocycles. The molecule has 0 aliphatic carbocycles. The topological polar surface area (TPSA) is 69.6 Å². The van der Waals surface area contributed by atoms with E-state index in [0.717, 1.165) is 4.90 Å². The van der Waals surface area contributed by atoms with Gasteiger partial charge in [0.25, 0.3) is 5.91 Å². The van der Waals surface area contributed by atoms with Gasteiger partial charge in [-0.15, -0.1) is 0 Å². The van der Waals surface area contributed by atoms with Gasteiger partial charge in [0, 0.05) is 0 Å². The number of aliphatic hydroxyl groups is 1. The molecule has 1 atom stereocenters. The molecular formula is C10H10N2O3. The predicted molar refractivity (Wildman–Crippen MR) is 53.3 cm³/mol. The van der Waals surface area contributed by atoms with Crippen LogP contribution in [0.2, 0.25) is 0 Å². The van der Waals surface area contributed by atoms with Crippen molar-refractivity contribution in [2.75, 3.05) is 11.5 Å². The minimum atomic E-state index is -0.822. The van der Waals surface area contributed by atoms with Crippen molar-refractivity contribution in [1.29, 1.82) is 0 Å². The van der Waals surface area contributed by atoms with E-state index in [0.29, 0.717) is 5.69 Å². The Labute approximate surface area is 86.3 Å². The fraction of sp³-hybridized carbons (Fsp3) is 0.200. The second-order valence-electron chi connectivity index (χ2n) is 3.19. The SMILES string of the molecule is O=C1NC(CO)C(=O)N1c1ccccc1. The molecule has 78 valence electrons. The van der Waals surface area contributed by atoms with E-state index in [1.807, 2.05) is 0 Å². The van der Waals surface area contributed by atoms with Gasteiger partial charge in [-0.2, -0.15) is 0 Å². The normalized spacial score (nSPS) is 20.6. The molecule has 15 heavy (non-hydrogen) atoms. The van der Waals surface area contributed by atoms with Gasteiger partial charge in [-0.05, 0) is 12.1 Å². The third kappa shape index (κ3) is 1.57. The number of nitrogens with one attached hydrogen (secondary N) is 1. The molecule has 1 saturated heterocycles. The molecule has 1 aromatic rings. The van der Waals surface area contributed by atoms with Crippen LogP contribution >= 0.6 is 0 Å². The quantitative estimate of drug-likeness (QED) is 0.674. The van der Waals surface area contributed by atoms with Crippen molar-refractivity contribution in [2.24, 2.45) is 0 Å². The number of rotatable bonds is 2. The summed E-state index contributed by atoms with van der Waals surface area (Å²) in [5.74, 6) is -0.422. The third-order valence-corrected chi connectivity index (χ3v) is 2.22. The minimum absolute atomic E-state index is 0.381. The minimum Gasteiger partial charge on any atom is -0.394 e. The van der Waals surface area contributed by atoms with E-state index in [-0.39, 0.29) is 6.61 Å². The van der Waals surface area contributed by atoms with Crippen molar-refractivity contribution in [3.8, 4) is 0 Å². The molecule has 0 saturated carbocycles. The van der Waals surface area contributed by atoms with Crippen molar-refractivity contribution in [3.05, 3.63) is 30.3 Å². The zero-order valence-electron chi connectivity index (χ0n) is 7.88. The maximum absolute atomic E-state index is 11.6. The first kappa shape index (κ1) is 9.67. The van der Waals surface area contributed by atoms with Crippen LogP contribution in [0.1, 0.15) is 0 Å². The fourth-order valence-electron chi connectivity index (χ4n) is 1.48. The van der Waals surface area contributed by atoms with Gasteiger partial charge in [0.2, 0.25) is 0 Å². The number of imide groups is 1. The summed E-state index contributed by atoms with van der Waals surface area (Å²) in [6.45, 7) is -0.381. The third-order valence-electron chi connectivity index (χ3n) is 2.22. The van der Waals surface area contributed by atoms with Gasteiger partial charge in [0.1, 0.15) is 6.04 Å². The number of benzene rings is 1. The fourth-order valence-corrected chi connectivity index (χ4v) is 1.48. The second kappa shape index (κ2) is 3.70. The lowest BCUT2D eigenvalue weighted by molar-refractivity contribution is -0.119. The standard InChI is InChI=1S/C10H10N2O3/c13-6-8-9(14)12(10(15)11-8)7-4-2-1-3-5-7/h1-5,8,13H,6H2,(H,11,15). The Morgan fingerprint density at radius 1 is 1.27 bits per heavy atom. The summed E-state index contributed by atoms with van der Waals surface area (Å²) in [4.78, 5) is 24.1. The van der Waals surface area contributed by atoms with E-state index in [1.165, 1.54) is 0 Å². The Morgan fingerprint density at radius 2 is 1.93 bits per heavy atom. The molecule has 0 aromatic heterocycles. The smallest absolute Gasteiger partial charge is 0.329 e. The zero-order valence-corrected chi connectivity index (χ0v) is 7.88. The molecule has 1 aliphatic rings. The Balaban J connectivity index is 2.31. The molecule has 0 spiro atoms. The number of aliphatic hydroxyl groups excluding tert-OH is 1. The number of hydrogen-bond acceptors (Lipinski definition) is 3. The molecule has 0 radical (unpaired) electrons. The lowest BCUT2D eigenvalue weighted by Crippen LogP contribution is -2.33. The lowest BCUT2D eigenvalue weighted by atomic mass is 10.2. The first-order chi connectivity index (χ1) is 7.24. The van der Waals surface area contributed by atoms with Gasteiger partial charge in [0.15, 0.2) is 0 Å². The maximum atomic E-state index is 11.6. The highest BCUT2D eigenvalue weighted by molar-refractivity contribution is 6.21. The van der Waals surface area contributed by atoms with Crippen LogP contribution < -0.4 is 10.2 Å². The lowest BCUT2D eigenvalue weighted by Gasteiger charge is -2.11. The monoisotopic (exact) mass is 206 g/mol. The molecule has 2 rings (SSSR count). The van der Waals surface area contributed by atoms with Crippen LogP contribution in [0.15, 0.2) is 30.3 Å². The van der Waals surface area contributed by atoms with Crippen LogP contribution in [0.5, 0.6) is 0 Å². The van der Waals surface area contributed by atoms with E-state index in [2.05, 4.69) is 5.32 Å². The molecule has 1 unspecified atom stereocenters. The number of anilines is 1. The Bertz CT molecular complexity index is 391. The van der Waals surface area contributed by atoms with Gasteiger partial charge in [-0.3, -0.25) is 4.79 Å². The highest BCUT2D eigenvalue weighted by Crippen LogP contribution is 2.18. The summed E-state index contributed by atoms with van der Waals surface area (Å²) >= 11 is 0. The predicted octanol–water partition coefficient (Wildman–Crippen LogP) is 0.104. The van der Waals surface area contributed by atoms with E-state index in [4.69, 9.17) is 5.11 Å². The van der Waals surface area contributed by atoms with Gasteiger partial charge < -0.3 is 10.4 Å². The van der Waals surface area contributed by atoms with Crippen molar-refractivity contribution >= 4 is 17.6 Å². The molecule has 2 N–H and O–H groups in total. The average molecular weight is 206 g/mol. The molecule has 0 bridgehead atoms. The second-order valence-corrected chi connectivity index (χ2v) is 3.19. The summed E-state index contributed by atoms with van der Waals surface area (Å²) in [6.07, 6.45) is 0. The zero-order chi connectivity index (χ0) is 10.8. The van der Waals surface area contributed by atoms with Gasteiger partial charge in [-0.25, -0.2) is 9.69 Å². The van der Waals surface area contributed by atoms with Crippen molar-refractivity contribution in [2.45, 2.75) is 6.04 Å². The molecule has 1 aliphatic heterocycles. The van der Waals surface area contributed by atoms with Crippen molar-refractivity contribution in [3.63, 3.8) is 0 Å². The van der Waals surface area contributed by atoms with E-state index in [1.54, 1.807) is 30.3 Å². The molecule has 1 fully saturated rings. The Morgan fingerprint density at radius 3 is 2.47 bits per heavy atom. The van der Waals surface area contributed by atoms with E-state index in [9.17, 15) is 9.59 Å². The molecule has 3 amide bonds. The first-order valence-electron chi connectivity index (χ1n) is 4.54. The number of amides is 3. The number of urea groups is 1. The maximum Gasteiger partial charge on any atom is 0.329 e. The number of carbonyl (C=O) groups is 2. The summed E-state index contributed by atoms with van der Waals surface area (Å²) in [6, 6.07) is 7.28. The Hall–Kier alpha value is -1.88. The summed E-state index contributed by atoms with van der Waals surface area (Å²) in [5, 5.41) is 11.2. The molecule has 1 aromatic carbocycles. The van der Waals surface area contributed by atoms with Crippen molar-refractivity contribution in [1.82, 2.24) is 5.32 Å². The number of para-hydroxylation sites is 1. The van der Waals surface area contributed by atoms with Crippen molar-refractivity contribution < 1.29 is 14.7 Å². The molecule has 5 heteroatoms. The highest BCUT2D eigenvalue weighted by Gasteiger charge is 2.38. The van der Waals surface area contributed by atoms with Crippen LogP contribution in [0.3, 0.4) is 0 Å². The summed E-state index contributed by atoms with van der Waals surface area (Å²) < 4.78 is 0. The number of hydrogen-bond donors (Lipinski definition) is 2. The summed E-state index contributed by atoms with van der Waals surface area (Å²) in [7, 11) is 0. The van der Waals surface area contributed by atoms with Gasteiger partial charge >= 0.3 is 6.03 Å².